The van der Waals surface area contributed by atoms with E-state index in [0.29, 0.717) is 0 Å². The standard InChI is InChI=1S/C32H42N4O/c1-33-18-20-35(21-19-33)30-14-12-27(13-15-30)25-36(26-29-9-7-11-32(23-29)37-2)31-10-6-8-28(22-31)24-34-16-4-3-5-17-34/h6-15,22-23H,3-5,16-21,24-26H2,1-2H3. The molecule has 2 aliphatic rings. The summed E-state index contributed by atoms with van der Waals surface area (Å²) < 4.78 is 5.51. The van der Waals surface area contributed by atoms with Crippen LogP contribution in [0.25, 0.3) is 0 Å². The maximum absolute atomic E-state index is 5.51. The molecule has 0 saturated carbocycles. The first-order valence-corrected chi connectivity index (χ1v) is 13.9. The van der Waals surface area contributed by atoms with Crippen LogP contribution in [0.2, 0.25) is 0 Å². The maximum Gasteiger partial charge on any atom is 0.119 e. The molecule has 0 unspecified atom stereocenters. The Kier molecular flexibility index (Phi) is 8.64. The Morgan fingerprint density at radius 3 is 2.16 bits per heavy atom. The second-order valence-corrected chi connectivity index (χ2v) is 10.7. The van der Waals surface area contributed by atoms with Gasteiger partial charge in [-0.15, -0.1) is 0 Å². The van der Waals surface area contributed by atoms with Gasteiger partial charge in [-0.3, -0.25) is 4.90 Å². The van der Waals surface area contributed by atoms with Gasteiger partial charge in [-0.1, -0.05) is 42.8 Å². The molecule has 0 atom stereocenters. The van der Waals surface area contributed by atoms with Crippen molar-refractivity contribution in [3.8, 4) is 5.75 Å². The molecule has 5 nitrogen and oxygen atoms in total. The highest BCUT2D eigenvalue weighted by atomic mass is 16.5. The molecule has 0 radical (unpaired) electrons. The minimum atomic E-state index is 0.838. The molecule has 3 aromatic rings. The van der Waals surface area contributed by atoms with E-state index in [4.69, 9.17) is 4.74 Å². The highest BCUT2D eigenvalue weighted by molar-refractivity contribution is 5.52. The SMILES string of the molecule is COc1cccc(CN(Cc2ccc(N3CCN(C)CC3)cc2)c2cccc(CN3CCCCC3)c2)c1. The summed E-state index contributed by atoms with van der Waals surface area (Å²) in [6.07, 6.45) is 4.02. The van der Waals surface area contributed by atoms with Gasteiger partial charge in [0, 0.05) is 57.2 Å². The van der Waals surface area contributed by atoms with Crippen molar-refractivity contribution >= 4 is 11.4 Å². The summed E-state index contributed by atoms with van der Waals surface area (Å²) >= 11 is 0. The number of likely N-dealkylation sites (N-methyl/N-ethyl adjacent to an activating group) is 1. The van der Waals surface area contributed by atoms with Gasteiger partial charge < -0.3 is 19.4 Å². The largest absolute Gasteiger partial charge is 0.497 e. The van der Waals surface area contributed by atoms with Gasteiger partial charge in [-0.2, -0.15) is 0 Å². The second kappa shape index (κ2) is 12.5. The first kappa shape index (κ1) is 25.6. The average Bonchev–Trinajstić information content (AvgIpc) is 2.94. The van der Waals surface area contributed by atoms with E-state index in [1.165, 1.54) is 60.4 Å². The van der Waals surface area contributed by atoms with Crippen molar-refractivity contribution in [3.63, 3.8) is 0 Å². The lowest BCUT2D eigenvalue weighted by atomic mass is 10.1. The third-order valence-electron chi connectivity index (χ3n) is 7.82. The number of methoxy groups -OCH3 is 1. The van der Waals surface area contributed by atoms with Crippen molar-refractivity contribution in [2.24, 2.45) is 0 Å². The monoisotopic (exact) mass is 498 g/mol. The Hall–Kier alpha value is -3.02. The van der Waals surface area contributed by atoms with E-state index < -0.39 is 0 Å². The van der Waals surface area contributed by atoms with E-state index in [1.807, 2.05) is 6.07 Å². The molecule has 196 valence electrons. The molecule has 37 heavy (non-hydrogen) atoms. The average molecular weight is 499 g/mol. The number of anilines is 2. The topological polar surface area (TPSA) is 22.2 Å². The molecule has 0 amide bonds. The van der Waals surface area contributed by atoms with Crippen LogP contribution in [0.5, 0.6) is 5.75 Å². The van der Waals surface area contributed by atoms with Crippen molar-refractivity contribution in [1.29, 1.82) is 0 Å². The van der Waals surface area contributed by atoms with Gasteiger partial charge >= 0.3 is 0 Å². The van der Waals surface area contributed by atoms with Gasteiger partial charge in [-0.25, -0.2) is 0 Å². The molecular formula is C32H42N4O. The maximum atomic E-state index is 5.51. The molecule has 5 heteroatoms. The molecule has 2 heterocycles. The first-order valence-electron chi connectivity index (χ1n) is 13.9. The lowest BCUT2D eigenvalue weighted by Gasteiger charge is -2.34. The quantitative estimate of drug-likeness (QED) is 0.380. The summed E-state index contributed by atoms with van der Waals surface area (Å²) in [6.45, 7) is 9.64. The van der Waals surface area contributed by atoms with Gasteiger partial charge in [-0.05, 0) is 86.1 Å². The van der Waals surface area contributed by atoms with Gasteiger partial charge in [0.25, 0.3) is 0 Å². The van der Waals surface area contributed by atoms with Crippen LogP contribution in [-0.2, 0) is 19.6 Å². The van der Waals surface area contributed by atoms with E-state index in [1.54, 1.807) is 7.11 Å². The van der Waals surface area contributed by atoms with E-state index in [0.717, 1.165) is 51.6 Å². The van der Waals surface area contributed by atoms with Crippen LogP contribution < -0.4 is 14.5 Å². The van der Waals surface area contributed by atoms with Crippen LogP contribution in [0.15, 0.2) is 72.8 Å². The van der Waals surface area contributed by atoms with Crippen LogP contribution in [0.3, 0.4) is 0 Å². The number of piperidine rings is 1. The van der Waals surface area contributed by atoms with E-state index in [-0.39, 0.29) is 0 Å². The molecular weight excluding hydrogens is 456 g/mol. The molecule has 3 aromatic carbocycles. The van der Waals surface area contributed by atoms with Crippen LogP contribution in [-0.4, -0.2) is 63.2 Å². The highest BCUT2D eigenvalue weighted by Gasteiger charge is 2.16. The van der Waals surface area contributed by atoms with E-state index in [9.17, 15) is 0 Å². The summed E-state index contributed by atoms with van der Waals surface area (Å²) in [5, 5.41) is 0. The number of hydrogen-bond donors (Lipinski definition) is 0. The molecule has 0 aliphatic carbocycles. The van der Waals surface area contributed by atoms with Gasteiger partial charge in [0.2, 0.25) is 0 Å². The number of nitrogens with zero attached hydrogens (tertiary/aromatic N) is 4. The summed E-state index contributed by atoms with van der Waals surface area (Å²) in [5.41, 5.74) is 6.61. The Labute approximate surface area is 223 Å². The summed E-state index contributed by atoms with van der Waals surface area (Å²) in [6, 6.07) is 26.9. The Morgan fingerprint density at radius 1 is 0.703 bits per heavy atom. The summed E-state index contributed by atoms with van der Waals surface area (Å²) in [4.78, 5) is 10.0. The van der Waals surface area contributed by atoms with Crippen LogP contribution in [0.1, 0.15) is 36.0 Å². The molecule has 0 spiro atoms. The number of piperazine rings is 1. The number of ether oxygens (including phenoxy) is 1. The zero-order valence-corrected chi connectivity index (χ0v) is 22.6. The zero-order valence-electron chi connectivity index (χ0n) is 22.6. The van der Waals surface area contributed by atoms with Crippen molar-refractivity contribution in [1.82, 2.24) is 9.80 Å². The Balaban J connectivity index is 1.35. The van der Waals surface area contributed by atoms with E-state index >= 15 is 0 Å². The fraction of sp³-hybridized carbons (Fsp3) is 0.438. The fourth-order valence-electron chi connectivity index (χ4n) is 5.55. The van der Waals surface area contributed by atoms with Crippen molar-refractivity contribution in [3.05, 3.63) is 89.5 Å². The fourth-order valence-corrected chi connectivity index (χ4v) is 5.55. The van der Waals surface area contributed by atoms with Crippen LogP contribution in [0, 0.1) is 0 Å². The molecule has 2 aliphatic heterocycles. The zero-order chi connectivity index (χ0) is 25.5. The number of benzene rings is 3. The molecule has 0 N–H and O–H groups in total. The molecule has 2 saturated heterocycles. The lowest BCUT2D eigenvalue weighted by molar-refractivity contribution is 0.221. The van der Waals surface area contributed by atoms with Crippen molar-refractivity contribution < 1.29 is 4.74 Å². The van der Waals surface area contributed by atoms with Crippen molar-refractivity contribution in [2.45, 2.75) is 38.9 Å². The number of hydrogen-bond acceptors (Lipinski definition) is 5. The first-order chi connectivity index (χ1) is 18.2. The number of rotatable bonds is 9. The Morgan fingerprint density at radius 2 is 1.41 bits per heavy atom. The second-order valence-electron chi connectivity index (χ2n) is 10.7. The molecule has 5 rings (SSSR count). The Bertz CT molecular complexity index is 1120. The predicted molar refractivity (Wildman–Crippen MR) is 155 cm³/mol. The predicted octanol–water partition coefficient (Wildman–Crippen LogP) is 5.64. The minimum Gasteiger partial charge on any atom is -0.497 e. The van der Waals surface area contributed by atoms with Gasteiger partial charge in [0.15, 0.2) is 0 Å². The van der Waals surface area contributed by atoms with Gasteiger partial charge in [0.1, 0.15) is 5.75 Å². The summed E-state index contributed by atoms with van der Waals surface area (Å²) in [5.74, 6) is 0.910. The smallest absolute Gasteiger partial charge is 0.119 e. The van der Waals surface area contributed by atoms with Gasteiger partial charge in [0.05, 0.1) is 7.11 Å². The minimum absolute atomic E-state index is 0.838. The molecule has 0 aromatic heterocycles. The molecule has 0 bridgehead atoms. The molecule has 2 fully saturated rings. The lowest BCUT2D eigenvalue weighted by Crippen LogP contribution is -2.44. The van der Waals surface area contributed by atoms with E-state index in [2.05, 4.69) is 93.4 Å². The van der Waals surface area contributed by atoms with Crippen molar-refractivity contribution in [2.75, 3.05) is 63.2 Å². The third kappa shape index (κ3) is 7.06. The normalized spacial score (nSPS) is 17.1. The third-order valence-corrected chi connectivity index (χ3v) is 7.82. The number of likely N-dealkylation sites (tertiary alicyclic amines) is 1. The summed E-state index contributed by atoms with van der Waals surface area (Å²) in [7, 11) is 3.95. The van der Waals surface area contributed by atoms with Crippen LogP contribution in [0.4, 0.5) is 11.4 Å². The highest BCUT2D eigenvalue weighted by Crippen LogP contribution is 2.25. The van der Waals surface area contributed by atoms with Crippen LogP contribution >= 0.6 is 0 Å².